The molecule has 0 unspecified atom stereocenters. The zero-order valence-corrected chi connectivity index (χ0v) is 28.6. The standard InChI is InChI=1S/C37H49N5O6/c1-23-32(46-4)16-15-30(39-23)25-7-5-24(6-8-25)20-42(33-19-28(17-18-38-33)31-21-47-34(40-31)26-9-10-26)35(44)27-11-13-29(14-12-27)48-36(45)41-37(2,3)22-43/h15-19,21,24-27,29,43H,5-14,20,22H2,1-4H3,(H,41,45)/t24-,25-,27-,29-. The number of aliphatic hydroxyl groups is 1. The van der Waals surface area contributed by atoms with E-state index in [-0.39, 0.29) is 24.5 Å². The molecule has 3 aliphatic carbocycles. The summed E-state index contributed by atoms with van der Waals surface area (Å²) in [7, 11) is 1.67. The van der Waals surface area contributed by atoms with E-state index in [1.165, 1.54) is 0 Å². The number of alkyl carbamates (subject to hydrolysis) is 1. The molecule has 3 saturated carbocycles. The molecule has 0 atom stereocenters. The lowest BCUT2D eigenvalue weighted by Crippen LogP contribution is -2.48. The quantitative estimate of drug-likeness (QED) is 0.230. The molecule has 48 heavy (non-hydrogen) atoms. The van der Waals surface area contributed by atoms with Crippen LogP contribution in [-0.2, 0) is 9.53 Å². The van der Waals surface area contributed by atoms with Gasteiger partial charge in [0.1, 0.15) is 29.6 Å². The third-order valence-corrected chi connectivity index (χ3v) is 10.1. The second kappa shape index (κ2) is 14.6. The number of hydrogen-bond donors (Lipinski definition) is 2. The maximum atomic E-state index is 14.3. The van der Waals surface area contributed by atoms with E-state index < -0.39 is 11.6 Å². The van der Waals surface area contributed by atoms with Gasteiger partial charge < -0.3 is 24.3 Å². The highest BCUT2D eigenvalue weighted by molar-refractivity contribution is 5.94. The van der Waals surface area contributed by atoms with Crippen LogP contribution in [0.2, 0.25) is 0 Å². The number of carbonyl (C=O) groups is 2. The van der Waals surface area contributed by atoms with E-state index in [1.54, 1.807) is 33.4 Å². The van der Waals surface area contributed by atoms with Crippen molar-refractivity contribution in [1.82, 2.24) is 20.3 Å². The summed E-state index contributed by atoms with van der Waals surface area (Å²) in [5.41, 5.74) is 2.90. The number of carbonyl (C=O) groups excluding carboxylic acids is 2. The van der Waals surface area contributed by atoms with Crippen LogP contribution in [0, 0.1) is 18.8 Å². The van der Waals surface area contributed by atoms with Crippen molar-refractivity contribution in [2.75, 3.05) is 25.2 Å². The Morgan fingerprint density at radius 2 is 1.73 bits per heavy atom. The van der Waals surface area contributed by atoms with Crippen molar-refractivity contribution >= 4 is 17.8 Å². The minimum absolute atomic E-state index is 0.0670. The number of aliphatic hydroxyl groups excluding tert-OH is 1. The van der Waals surface area contributed by atoms with E-state index in [0.29, 0.717) is 55.8 Å². The number of pyridine rings is 2. The SMILES string of the molecule is COc1ccc([C@H]2CC[C@H](CN(c3cc(-c4coc(C5CC5)n4)ccn3)C(=O)[C@H]3CC[C@H](OC(=O)NC(C)(C)CO)CC3)CC2)nc1C. The predicted octanol–water partition coefficient (Wildman–Crippen LogP) is 6.69. The molecule has 3 aromatic heterocycles. The zero-order valence-electron chi connectivity index (χ0n) is 28.6. The van der Waals surface area contributed by atoms with Crippen molar-refractivity contribution in [3.8, 4) is 17.0 Å². The summed E-state index contributed by atoms with van der Waals surface area (Å²) in [5.74, 6) is 3.23. The topological polar surface area (TPSA) is 140 Å². The highest BCUT2D eigenvalue weighted by atomic mass is 16.6. The van der Waals surface area contributed by atoms with E-state index in [0.717, 1.165) is 72.8 Å². The van der Waals surface area contributed by atoms with Gasteiger partial charge in [-0.15, -0.1) is 0 Å². The van der Waals surface area contributed by atoms with Crippen molar-refractivity contribution in [3.63, 3.8) is 0 Å². The zero-order chi connectivity index (χ0) is 33.8. The number of anilines is 1. The Bertz CT molecular complexity index is 1570. The van der Waals surface area contributed by atoms with Crippen molar-refractivity contribution in [3.05, 3.63) is 54.0 Å². The van der Waals surface area contributed by atoms with Crippen molar-refractivity contribution in [1.29, 1.82) is 0 Å². The monoisotopic (exact) mass is 659 g/mol. The lowest BCUT2D eigenvalue weighted by atomic mass is 9.79. The smallest absolute Gasteiger partial charge is 0.407 e. The number of hydrogen-bond acceptors (Lipinski definition) is 9. The molecule has 0 aliphatic heterocycles. The molecule has 3 heterocycles. The van der Waals surface area contributed by atoms with Gasteiger partial charge in [0.2, 0.25) is 5.91 Å². The third-order valence-electron chi connectivity index (χ3n) is 10.1. The maximum absolute atomic E-state index is 14.3. The molecule has 11 heteroatoms. The van der Waals surface area contributed by atoms with E-state index in [9.17, 15) is 14.7 Å². The van der Waals surface area contributed by atoms with Gasteiger partial charge in [0.05, 0.1) is 24.9 Å². The van der Waals surface area contributed by atoms with Gasteiger partial charge in [0.25, 0.3) is 0 Å². The number of amides is 2. The van der Waals surface area contributed by atoms with Crippen molar-refractivity contribution < 1.29 is 28.6 Å². The minimum atomic E-state index is -0.763. The second-order valence-corrected chi connectivity index (χ2v) is 14.5. The number of oxazole rings is 1. The molecule has 2 N–H and O–H groups in total. The van der Waals surface area contributed by atoms with Crippen LogP contribution in [-0.4, -0.2) is 64.0 Å². The largest absolute Gasteiger partial charge is 0.495 e. The van der Waals surface area contributed by atoms with E-state index in [4.69, 9.17) is 28.8 Å². The molecule has 3 aliphatic rings. The van der Waals surface area contributed by atoms with Gasteiger partial charge in [0.15, 0.2) is 5.89 Å². The molecule has 0 radical (unpaired) electrons. The molecule has 2 amide bonds. The summed E-state index contributed by atoms with van der Waals surface area (Å²) in [6, 6.07) is 7.97. The van der Waals surface area contributed by atoms with Crippen LogP contribution in [0.25, 0.3) is 11.3 Å². The lowest BCUT2D eigenvalue weighted by Gasteiger charge is -2.35. The van der Waals surface area contributed by atoms with Gasteiger partial charge in [-0.3, -0.25) is 14.7 Å². The summed E-state index contributed by atoms with van der Waals surface area (Å²) < 4.78 is 16.8. The Labute approximate surface area is 282 Å². The number of rotatable bonds is 11. The minimum Gasteiger partial charge on any atom is -0.495 e. The van der Waals surface area contributed by atoms with E-state index in [2.05, 4.69) is 11.4 Å². The maximum Gasteiger partial charge on any atom is 0.407 e. The summed E-state index contributed by atoms with van der Waals surface area (Å²) in [4.78, 5) is 42.9. The first-order valence-corrected chi connectivity index (χ1v) is 17.5. The molecule has 0 spiro atoms. The Balaban J connectivity index is 1.14. The molecule has 0 aromatic carbocycles. The average molecular weight is 660 g/mol. The second-order valence-electron chi connectivity index (χ2n) is 14.5. The highest BCUT2D eigenvalue weighted by Crippen LogP contribution is 2.41. The first-order valence-electron chi connectivity index (χ1n) is 17.5. The molecule has 3 fully saturated rings. The van der Waals surface area contributed by atoms with Gasteiger partial charge in [0, 0.05) is 41.8 Å². The molecule has 0 bridgehead atoms. The van der Waals surface area contributed by atoms with Crippen LogP contribution in [0.4, 0.5) is 10.6 Å². The highest BCUT2D eigenvalue weighted by Gasteiger charge is 2.35. The van der Waals surface area contributed by atoms with Crippen LogP contribution in [0.1, 0.15) is 107 Å². The lowest BCUT2D eigenvalue weighted by molar-refractivity contribution is -0.124. The van der Waals surface area contributed by atoms with Crippen LogP contribution in [0.15, 0.2) is 41.1 Å². The van der Waals surface area contributed by atoms with Gasteiger partial charge in [-0.2, -0.15) is 0 Å². The summed E-state index contributed by atoms with van der Waals surface area (Å²) in [6.07, 6.45) is 11.3. The van der Waals surface area contributed by atoms with Crippen LogP contribution in [0.5, 0.6) is 5.75 Å². The van der Waals surface area contributed by atoms with Gasteiger partial charge in [-0.05, 0) is 115 Å². The van der Waals surface area contributed by atoms with Crippen molar-refractivity contribution in [2.45, 2.75) is 108 Å². The first-order chi connectivity index (χ1) is 23.1. The van der Waals surface area contributed by atoms with Crippen molar-refractivity contribution in [2.24, 2.45) is 11.8 Å². The molecule has 11 nitrogen and oxygen atoms in total. The normalized spacial score (nSPS) is 22.9. The average Bonchev–Trinajstić information content (AvgIpc) is 3.83. The summed E-state index contributed by atoms with van der Waals surface area (Å²) in [5, 5.41) is 12.2. The Hall–Kier alpha value is -3.99. The Morgan fingerprint density at radius 1 is 1.00 bits per heavy atom. The molecule has 3 aromatic rings. The van der Waals surface area contributed by atoms with E-state index in [1.807, 2.05) is 30.0 Å². The number of ether oxygens (including phenoxy) is 2. The van der Waals surface area contributed by atoms with Crippen LogP contribution >= 0.6 is 0 Å². The Kier molecular flexibility index (Phi) is 10.3. The number of nitrogens with zero attached hydrogens (tertiary/aromatic N) is 4. The first kappa shape index (κ1) is 33.9. The van der Waals surface area contributed by atoms with Gasteiger partial charge in [-0.1, -0.05) is 0 Å². The van der Waals surface area contributed by atoms with Gasteiger partial charge >= 0.3 is 6.09 Å². The molecule has 6 rings (SSSR count). The van der Waals surface area contributed by atoms with Gasteiger partial charge in [-0.25, -0.2) is 14.8 Å². The number of methoxy groups -OCH3 is 1. The summed E-state index contributed by atoms with van der Waals surface area (Å²) >= 11 is 0. The number of nitrogens with one attached hydrogen (secondary N) is 1. The molecule has 0 saturated heterocycles. The summed E-state index contributed by atoms with van der Waals surface area (Å²) in [6.45, 7) is 5.86. The molecular formula is C37H49N5O6. The fraction of sp³-hybridized carbons (Fsp3) is 0.595. The number of aromatic nitrogens is 3. The number of aryl methyl sites for hydroxylation is 1. The Morgan fingerprint density at radius 3 is 2.40 bits per heavy atom. The van der Waals surface area contributed by atoms with E-state index >= 15 is 0 Å². The fourth-order valence-electron chi connectivity index (χ4n) is 7.01. The van der Waals surface area contributed by atoms with Crippen LogP contribution < -0.4 is 15.0 Å². The van der Waals surface area contributed by atoms with Crippen LogP contribution in [0.3, 0.4) is 0 Å². The third kappa shape index (κ3) is 8.17. The molecular weight excluding hydrogens is 610 g/mol. The predicted molar refractivity (Wildman–Crippen MR) is 181 cm³/mol. The molecule has 258 valence electrons. The fourth-order valence-corrected chi connectivity index (χ4v) is 7.01.